The molecule has 0 unspecified atom stereocenters. The number of aliphatic imine (C=N–C) groups is 1. The fourth-order valence-electron chi connectivity index (χ4n) is 2.36. The smallest absolute Gasteiger partial charge is 0.244 e. The highest BCUT2D eigenvalue weighted by atomic mass is 79.9. The molecule has 0 radical (unpaired) electrons. The van der Waals surface area contributed by atoms with Crippen molar-refractivity contribution in [1.82, 2.24) is 0 Å². The minimum Gasteiger partial charge on any atom is -0.454 e. The van der Waals surface area contributed by atoms with Crippen molar-refractivity contribution in [3.8, 4) is 11.5 Å². The van der Waals surface area contributed by atoms with Crippen LogP contribution in [0.25, 0.3) is 6.08 Å². The summed E-state index contributed by atoms with van der Waals surface area (Å²) in [5.74, 6) is 2.17. The van der Waals surface area contributed by atoms with Crippen molar-refractivity contribution >= 4 is 55.0 Å². The van der Waals surface area contributed by atoms with Gasteiger partial charge in [0, 0.05) is 10.2 Å². The Morgan fingerprint density at radius 1 is 1.20 bits per heavy atom. The van der Waals surface area contributed by atoms with Gasteiger partial charge in [-0.1, -0.05) is 58.0 Å². The maximum atomic E-state index is 12.2. The Labute approximate surface area is 161 Å². The number of fused-ring (bicyclic) bond motifs is 1. The van der Waals surface area contributed by atoms with E-state index in [0.717, 1.165) is 20.2 Å². The first-order valence-corrected chi connectivity index (χ1v) is 10.1. The molecule has 2 aromatic carbocycles. The Morgan fingerprint density at radius 2 is 1.96 bits per heavy atom. The Balaban J connectivity index is 1.53. The molecule has 0 bridgehead atoms. The lowest BCUT2D eigenvalue weighted by atomic mass is 10.1. The van der Waals surface area contributed by atoms with E-state index in [4.69, 9.17) is 9.47 Å². The van der Waals surface area contributed by atoms with Crippen LogP contribution in [0.4, 0.5) is 0 Å². The molecular formula is C18H12BrNO3S2. The van der Waals surface area contributed by atoms with Crippen LogP contribution in [0.5, 0.6) is 11.5 Å². The van der Waals surface area contributed by atoms with Crippen molar-refractivity contribution < 1.29 is 14.3 Å². The van der Waals surface area contributed by atoms with Gasteiger partial charge in [0.2, 0.25) is 11.9 Å². The van der Waals surface area contributed by atoms with E-state index in [1.54, 1.807) is 17.8 Å². The third-order valence-corrected chi connectivity index (χ3v) is 6.36. The second-order valence-corrected chi connectivity index (χ2v) is 8.34. The van der Waals surface area contributed by atoms with Crippen LogP contribution in [-0.2, 0) is 10.5 Å². The van der Waals surface area contributed by atoms with E-state index in [9.17, 15) is 4.79 Å². The van der Waals surface area contributed by atoms with Crippen LogP contribution in [0.1, 0.15) is 11.1 Å². The van der Waals surface area contributed by atoms with Gasteiger partial charge >= 0.3 is 0 Å². The van der Waals surface area contributed by atoms with Gasteiger partial charge in [-0.2, -0.15) is 0 Å². The fraction of sp³-hybridized carbons (Fsp3) is 0.111. The monoisotopic (exact) mass is 433 g/mol. The van der Waals surface area contributed by atoms with Crippen molar-refractivity contribution in [1.29, 1.82) is 0 Å². The maximum Gasteiger partial charge on any atom is 0.244 e. The highest BCUT2D eigenvalue weighted by Crippen LogP contribution is 2.39. The molecule has 0 atom stereocenters. The van der Waals surface area contributed by atoms with E-state index in [1.165, 1.54) is 17.3 Å². The molecule has 0 saturated heterocycles. The number of hydrogen-bond acceptors (Lipinski definition) is 6. The van der Waals surface area contributed by atoms with Crippen LogP contribution in [-0.4, -0.2) is 16.3 Å². The summed E-state index contributed by atoms with van der Waals surface area (Å²) in [6.45, 7) is 0.217. The van der Waals surface area contributed by atoms with Crippen LogP contribution in [0, 0.1) is 0 Å². The molecule has 7 heteroatoms. The fourth-order valence-corrected chi connectivity index (χ4v) is 4.60. The molecule has 2 aromatic rings. The number of rotatable bonds is 3. The van der Waals surface area contributed by atoms with Crippen molar-refractivity contribution in [3.05, 3.63) is 63.8 Å². The summed E-state index contributed by atoms with van der Waals surface area (Å²) in [5, 5.41) is -0.0415. The summed E-state index contributed by atoms with van der Waals surface area (Å²) < 4.78 is 12.3. The highest BCUT2D eigenvalue weighted by Gasteiger charge is 2.23. The first-order chi connectivity index (χ1) is 12.2. The highest BCUT2D eigenvalue weighted by molar-refractivity contribution is 9.10. The van der Waals surface area contributed by atoms with E-state index in [2.05, 4.69) is 33.1 Å². The number of carbonyl (C=O) groups is 1. The normalized spacial score (nSPS) is 17.2. The molecule has 0 N–H and O–H groups in total. The predicted molar refractivity (Wildman–Crippen MR) is 106 cm³/mol. The molecule has 4 rings (SSSR count). The molecule has 0 saturated carbocycles. The molecule has 0 aliphatic carbocycles. The molecule has 0 aromatic heterocycles. The standard InChI is InChI=1S/C18H12BrNO3S2/c19-13-8-16-15(22-10-23-16)7-12(13)6-14-17(21)25-18(20-14)24-9-11-4-2-1-3-5-11/h1-8H,9-10H2/b14-6-. The zero-order chi connectivity index (χ0) is 17.2. The van der Waals surface area contributed by atoms with Crippen LogP contribution in [0.15, 0.2) is 57.6 Å². The van der Waals surface area contributed by atoms with E-state index in [1.807, 2.05) is 30.3 Å². The average Bonchev–Trinajstić information content (AvgIpc) is 3.20. The largest absolute Gasteiger partial charge is 0.454 e. The molecule has 0 amide bonds. The van der Waals surface area contributed by atoms with Crippen LogP contribution in [0.2, 0.25) is 0 Å². The molecule has 2 aliphatic rings. The van der Waals surface area contributed by atoms with Gasteiger partial charge in [0.25, 0.3) is 0 Å². The quantitative estimate of drug-likeness (QED) is 0.631. The molecular weight excluding hydrogens is 422 g/mol. The van der Waals surface area contributed by atoms with Gasteiger partial charge in [-0.05, 0) is 41.1 Å². The lowest BCUT2D eigenvalue weighted by molar-refractivity contribution is -0.107. The second-order valence-electron chi connectivity index (χ2n) is 5.30. The van der Waals surface area contributed by atoms with Crippen molar-refractivity contribution in [2.75, 3.05) is 6.79 Å². The van der Waals surface area contributed by atoms with Gasteiger partial charge < -0.3 is 9.47 Å². The summed E-state index contributed by atoms with van der Waals surface area (Å²) in [6.07, 6.45) is 1.78. The zero-order valence-electron chi connectivity index (χ0n) is 12.9. The molecule has 2 heterocycles. The van der Waals surface area contributed by atoms with Gasteiger partial charge in [0.1, 0.15) is 10.1 Å². The molecule has 126 valence electrons. The third kappa shape index (κ3) is 3.78. The van der Waals surface area contributed by atoms with Gasteiger partial charge in [-0.25, -0.2) is 4.99 Å². The summed E-state index contributed by atoms with van der Waals surface area (Å²) in [4.78, 5) is 16.7. The van der Waals surface area contributed by atoms with Gasteiger partial charge in [0.15, 0.2) is 11.5 Å². The number of halogens is 1. The number of carbonyl (C=O) groups excluding carboxylic acids is 1. The topological polar surface area (TPSA) is 47.9 Å². The number of hydrogen-bond donors (Lipinski definition) is 0. The van der Waals surface area contributed by atoms with E-state index in [-0.39, 0.29) is 11.9 Å². The van der Waals surface area contributed by atoms with Gasteiger partial charge in [0.05, 0.1) is 0 Å². The maximum absolute atomic E-state index is 12.2. The lowest BCUT2D eigenvalue weighted by Crippen LogP contribution is -1.92. The van der Waals surface area contributed by atoms with Crippen molar-refractivity contribution in [2.45, 2.75) is 5.75 Å². The summed E-state index contributed by atoms with van der Waals surface area (Å²) >= 11 is 6.25. The van der Waals surface area contributed by atoms with E-state index in [0.29, 0.717) is 17.2 Å². The number of ether oxygens (including phenoxy) is 2. The van der Waals surface area contributed by atoms with Crippen molar-refractivity contribution in [2.24, 2.45) is 4.99 Å². The minimum absolute atomic E-state index is 0.0415. The molecule has 2 aliphatic heterocycles. The summed E-state index contributed by atoms with van der Waals surface area (Å²) in [7, 11) is 0. The van der Waals surface area contributed by atoms with Gasteiger partial charge in [-0.15, -0.1) is 0 Å². The Hall–Kier alpha value is -1.70. The van der Waals surface area contributed by atoms with E-state index >= 15 is 0 Å². The minimum atomic E-state index is -0.0415. The lowest BCUT2D eigenvalue weighted by Gasteiger charge is -2.02. The number of thioether (sulfide) groups is 2. The number of benzene rings is 2. The van der Waals surface area contributed by atoms with Crippen molar-refractivity contribution in [3.63, 3.8) is 0 Å². The Kier molecular flexibility index (Phi) is 4.87. The van der Waals surface area contributed by atoms with Crippen LogP contribution < -0.4 is 9.47 Å². The third-order valence-electron chi connectivity index (χ3n) is 3.59. The average molecular weight is 434 g/mol. The van der Waals surface area contributed by atoms with Crippen LogP contribution in [0.3, 0.4) is 0 Å². The molecule has 4 nitrogen and oxygen atoms in total. The Morgan fingerprint density at radius 3 is 2.76 bits per heavy atom. The van der Waals surface area contributed by atoms with Crippen LogP contribution >= 0.6 is 39.5 Å². The first kappa shape index (κ1) is 16.8. The molecule has 0 spiro atoms. The first-order valence-electron chi connectivity index (χ1n) is 7.47. The number of nitrogens with zero attached hydrogens (tertiary/aromatic N) is 1. The molecule has 0 fully saturated rings. The Bertz CT molecular complexity index is 897. The predicted octanol–water partition coefficient (Wildman–Crippen LogP) is 5.08. The second kappa shape index (κ2) is 7.27. The van der Waals surface area contributed by atoms with E-state index < -0.39 is 0 Å². The zero-order valence-corrected chi connectivity index (χ0v) is 16.1. The van der Waals surface area contributed by atoms with Gasteiger partial charge in [-0.3, -0.25) is 4.79 Å². The summed E-state index contributed by atoms with van der Waals surface area (Å²) in [5.41, 5.74) is 2.49. The SMILES string of the molecule is O=C1SC(SCc2ccccc2)=N/C1=C\c1cc2c(cc1Br)OCO2. The summed E-state index contributed by atoms with van der Waals surface area (Å²) in [6, 6.07) is 13.8. The molecule has 25 heavy (non-hydrogen) atoms.